The highest BCUT2D eigenvalue weighted by atomic mass is 16.2. The van der Waals surface area contributed by atoms with Gasteiger partial charge in [-0.25, -0.2) is 5.84 Å². The molecular formula is C10H21N3O2. The first-order chi connectivity index (χ1) is 6.79. The maximum atomic E-state index is 11.5. The molecule has 5 heteroatoms. The standard InChI is InChI=1S/C10H21N3O2/c1-10(2,3)8(14)4-5-9(15)13(12)7-6-11/h4-7,11-12H2,1-3H3. The van der Waals surface area contributed by atoms with Gasteiger partial charge in [0.1, 0.15) is 5.78 Å². The minimum Gasteiger partial charge on any atom is -0.329 e. The lowest BCUT2D eigenvalue weighted by atomic mass is 9.88. The van der Waals surface area contributed by atoms with Gasteiger partial charge in [0.25, 0.3) is 0 Å². The summed E-state index contributed by atoms with van der Waals surface area (Å²) in [4.78, 5) is 22.9. The van der Waals surface area contributed by atoms with Crippen LogP contribution in [0, 0.1) is 5.41 Å². The smallest absolute Gasteiger partial charge is 0.236 e. The number of ketones is 1. The summed E-state index contributed by atoms with van der Waals surface area (Å²) in [6, 6.07) is 0. The third kappa shape index (κ3) is 5.49. The summed E-state index contributed by atoms with van der Waals surface area (Å²) in [6.07, 6.45) is 0.396. The minimum atomic E-state index is -0.395. The van der Waals surface area contributed by atoms with Gasteiger partial charge in [-0.2, -0.15) is 0 Å². The molecule has 0 saturated carbocycles. The van der Waals surface area contributed by atoms with Crippen molar-refractivity contribution in [1.29, 1.82) is 0 Å². The molecule has 0 heterocycles. The first-order valence-corrected chi connectivity index (χ1v) is 5.07. The van der Waals surface area contributed by atoms with Gasteiger partial charge in [0.15, 0.2) is 0 Å². The molecule has 15 heavy (non-hydrogen) atoms. The second-order valence-electron chi connectivity index (χ2n) is 4.55. The summed E-state index contributed by atoms with van der Waals surface area (Å²) >= 11 is 0. The molecule has 0 aliphatic rings. The topological polar surface area (TPSA) is 89.4 Å². The van der Waals surface area contributed by atoms with Gasteiger partial charge in [-0.15, -0.1) is 0 Å². The molecule has 0 spiro atoms. The Kier molecular flexibility index (Phi) is 5.46. The Morgan fingerprint density at radius 3 is 2.13 bits per heavy atom. The normalized spacial score (nSPS) is 11.3. The molecule has 0 aromatic carbocycles. The molecule has 0 aliphatic carbocycles. The molecule has 4 N–H and O–H groups in total. The molecule has 0 atom stereocenters. The maximum absolute atomic E-state index is 11.5. The minimum absolute atomic E-state index is 0.0667. The molecule has 0 fully saturated rings. The van der Waals surface area contributed by atoms with Gasteiger partial charge in [0, 0.05) is 31.3 Å². The number of carbonyl (C=O) groups excluding carboxylic acids is 2. The maximum Gasteiger partial charge on any atom is 0.236 e. The lowest BCUT2D eigenvalue weighted by Crippen LogP contribution is -2.41. The lowest BCUT2D eigenvalue weighted by molar-refractivity contribution is -0.135. The Labute approximate surface area is 90.8 Å². The van der Waals surface area contributed by atoms with Crippen LogP contribution in [0.15, 0.2) is 0 Å². The summed E-state index contributed by atoms with van der Waals surface area (Å²) in [7, 11) is 0. The average Bonchev–Trinajstić information content (AvgIpc) is 2.12. The molecule has 5 nitrogen and oxygen atoms in total. The predicted octanol–water partition coefficient (Wildman–Crippen LogP) is 0.0428. The van der Waals surface area contributed by atoms with Crippen molar-refractivity contribution in [3.8, 4) is 0 Å². The van der Waals surface area contributed by atoms with Crippen LogP contribution >= 0.6 is 0 Å². The quantitative estimate of drug-likeness (QED) is 0.385. The fourth-order valence-electron chi connectivity index (χ4n) is 1.00. The van der Waals surface area contributed by atoms with Gasteiger partial charge in [0.05, 0.1) is 0 Å². The Morgan fingerprint density at radius 2 is 1.73 bits per heavy atom. The van der Waals surface area contributed by atoms with E-state index in [0.29, 0.717) is 13.1 Å². The van der Waals surface area contributed by atoms with Gasteiger partial charge < -0.3 is 5.73 Å². The Hall–Kier alpha value is -0.940. The van der Waals surface area contributed by atoms with E-state index >= 15 is 0 Å². The summed E-state index contributed by atoms with van der Waals surface area (Å²) in [5.74, 6) is 5.24. The van der Waals surface area contributed by atoms with Gasteiger partial charge in [0.2, 0.25) is 5.91 Å². The highest BCUT2D eigenvalue weighted by molar-refractivity contribution is 5.87. The molecule has 0 rings (SSSR count). The van der Waals surface area contributed by atoms with Crippen LogP contribution in [-0.4, -0.2) is 29.8 Å². The summed E-state index contributed by atoms with van der Waals surface area (Å²) < 4.78 is 0. The van der Waals surface area contributed by atoms with E-state index in [2.05, 4.69) is 0 Å². The monoisotopic (exact) mass is 215 g/mol. The number of carbonyl (C=O) groups is 2. The number of nitrogens with two attached hydrogens (primary N) is 2. The summed E-state index contributed by atoms with van der Waals surface area (Å²) in [5, 5.41) is 1.07. The average molecular weight is 215 g/mol. The van der Waals surface area contributed by atoms with E-state index in [1.807, 2.05) is 20.8 Å². The Bertz CT molecular complexity index is 233. The second-order valence-corrected chi connectivity index (χ2v) is 4.55. The summed E-state index contributed by atoms with van der Waals surface area (Å²) in [5.41, 5.74) is 4.86. The van der Waals surface area contributed by atoms with E-state index in [0.717, 1.165) is 5.01 Å². The first kappa shape index (κ1) is 14.1. The number of amides is 1. The predicted molar refractivity (Wildman–Crippen MR) is 58.7 cm³/mol. The van der Waals surface area contributed by atoms with E-state index in [-0.39, 0.29) is 24.5 Å². The van der Waals surface area contributed by atoms with E-state index in [1.165, 1.54) is 0 Å². The van der Waals surface area contributed by atoms with Crippen molar-refractivity contribution in [2.75, 3.05) is 13.1 Å². The highest BCUT2D eigenvalue weighted by Crippen LogP contribution is 2.17. The summed E-state index contributed by atoms with van der Waals surface area (Å²) in [6.45, 7) is 6.15. The molecule has 0 aromatic rings. The first-order valence-electron chi connectivity index (χ1n) is 5.07. The Balaban J connectivity index is 3.96. The third-order valence-electron chi connectivity index (χ3n) is 2.09. The molecule has 0 aromatic heterocycles. The Morgan fingerprint density at radius 1 is 1.20 bits per heavy atom. The van der Waals surface area contributed by atoms with E-state index in [1.54, 1.807) is 0 Å². The van der Waals surface area contributed by atoms with E-state index in [9.17, 15) is 9.59 Å². The molecule has 0 bridgehead atoms. The number of nitrogens with zero attached hydrogens (tertiary/aromatic N) is 1. The van der Waals surface area contributed by atoms with Crippen LogP contribution in [-0.2, 0) is 9.59 Å². The van der Waals surface area contributed by atoms with Crippen LogP contribution in [0.5, 0.6) is 0 Å². The van der Waals surface area contributed by atoms with Crippen molar-refractivity contribution in [2.24, 2.45) is 17.0 Å². The van der Waals surface area contributed by atoms with Crippen molar-refractivity contribution in [2.45, 2.75) is 33.6 Å². The molecule has 0 aliphatic heterocycles. The lowest BCUT2D eigenvalue weighted by Gasteiger charge is -2.18. The zero-order valence-electron chi connectivity index (χ0n) is 9.75. The largest absolute Gasteiger partial charge is 0.329 e. The molecule has 0 saturated heterocycles. The molecule has 0 radical (unpaired) electrons. The zero-order valence-corrected chi connectivity index (χ0v) is 9.75. The number of hydrazine groups is 1. The van der Waals surface area contributed by atoms with Gasteiger partial charge in [-0.3, -0.25) is 14.6 Å². The number of hydrogen-bond donors (Lipinski definition) is 2. The van der Waals surface area contributed by atoms with E-state index < -0.39 is 5.41 Å². The van der Waals surface area contributed by atoms with Gasteiger partial charge >= 0.3 is 0 Å². The zero-order chi connectivity index (χ0) is 12.1. The van der Waals surface area contributed by atoms with Crippen LogP contribution in [0.25, 0.3) is 0 Å². The van der Waals surface area contributed by atoms with Crippen molar-refractivity contribution in [3.63, 3.8) is 0 Å². The number of hydrogen-bond acceptors (Lipinski definition) is 4. The fraction of sp³-hybridized carbons (Fsp3) is 0.800. The molecular weight excluding hydrogens is 194 g/mol. The van der Waals surface area contributed by atoms with Crippen molar-refractivity contribution < 1.29 is 9.59 Å². The van der Waals surface area contributed by atoms with E-state index in [4.69, 9.17) is 11.6 Å². The number of Topliss-reactive ketones (excluding diaryl/α,β-unsaturated/α-hetero) is 1. The van der Waals surface area contributed by atoms with Crippen LogP contribution in [0.3, 0.4) is 0 Å². The van der Waals surface area contributed by atoms with Crippen LogP contribution in [0.2, 0.25) is 0 Å². The van der Waals surface area contributed by atoms with Crippen molar-refractivity contribution >= 4 is 11.7 Å². The SMILES string of the molecule is CC(C)(C)C(=O)CCC(=O)N(N)CCN. The van der Waals surface area contributed by atoms with Crippen molar-refractivity contribution in [3.05, 3.63) is 0 Å². The number of rotatable bonds is 5. The highest BCUT2D eigenvalue weighted by Gasteiger charge is 2.22. The molecule has 88 valence electrons. The molecule has 1 amide bonds. The molecule has 0 unspecified atom stereocenters. The van der Waals surface area contributed by atoms with Gasteiger partial charge in [-0.05, 0) is 0 Å². The van der Waals surface area contributed by atoms with Crippen LogP contribution in [0.4, 0.5) is 0 Å². The van der Waals surface area contributed by atoms with Crippen molar-refractivity contribution in [1.82, 2.24) is 5.01 Å². The van der Waals surface area contributed by atoms with Crippen LogP contribution in [0.1, 0.15) is 33.6 Å². The fourth-order valence-corrected chi connectivity index (χ4v) is 1.00. The van der Waals surface area contributed by atoms with Crippen LogP contribution < -0.4 is 11.6 Å². The van der Waals surface area contributed by atoms with Gasteiger partial charge in [-0.1, -0.05) is 20.8 Å². The third-order valence-corrected chi connectivity index (χ3v) is 2.09. The second kappa shape index (κ2) is 5.82.